The van der Waals surface area contributed by atoms with Gasteiger partial charge in [0, 0.05) is 6.42 Å². The van der Waals surface area contributed by atoms with Crippen molar-refractivity contribution < 1.29 is 15.0 Å². The largest absolute Gasteiger partial charge is 0.394 e. The normalized spacial score (nSPS) is 12.7. The van der Waals surface area contributed by atoms with E-state index in [4.69, 9.17) is 0 Å². The van der Waals surface area contributed by atoms with Crippen LogP contribution in [0.2, 0.25) is 0 Å². The zero-order valence-corrected chi connectivity index (χ0v) is 40.8. The van der Waals surface area contributed by atoms with Crippen molar-refractivity contribution in [2.75, 3.05) is 6.61 Å². The van der Waals surface area contributed by atoms with Gasteiger partial charge in [-0.1, -0.05) is 309 Å². The predicted molar refractivity (Wildman–Crippen MR) is 263 cm³/mol. The minimum Gasteiger partial charge on any atom is -0.394 e. The summed E-state index contributed by atoms with van der Waals surface area (Å²) in [6.45, 7) is 4.40. The Bertz CT molecular complexity index is 773. The second kappa shape index (κ2) is 51.7. The second-order valence-corrected chi connectivity index (χ2v) is 19.4. The third-order valence-corrected chi connectivity index (χ3v) is 13.4. The van der Waals surface area contributed by atoms with Crippen LogP contribution in [-0.4, -0.2) is 34.9 Å². The lowest BCUT2D eigenvalue weighted by molar-refractivity contribution is -0.123. The van der Waals surface area contributed by atoms with Crippen molar-refractivity contribution in [3.63, 3.8) is 0 Å². The summed E-state index contributed by atoms with van der Waals surface area (Å²) < 4.78 is 0. The number of hydrogen-bond donors (Lipinski definition) is 3. The van der Waals surface area contributed by atoms with Crippen molar-refractivity contribution in [1.29, 1.82) is 0 Å². The number of carbonyl (C=O) groups is 1. The Morgan fingerprint density at radius 3 is 0.763 bits per heavy atom. The summed E-state index contributed by atoms with van der Waals surface area (Å²) in [7, 11) is 0. The maximum Gasteiger partial charge on any atom is 0.220 e. The Hall–Kier alpha value is -0.610. The molecule has 0 radical (unpaired) electrons. The monoisotopic (exact) mass is 834 g/mol. The van der Waals surface area contributed by atoms with E-state index in [0.29, 0.717) is 12.8 Å². The zero-order valence-electron chi connectivity index (χ0n) is 40.8. The molecule has 0 spiro atoms. The van der Waals surface area contributed by atoms with E-state index < -0.39 is 12.1 Å². The molecule has 0 heterocycles. The Balaban J connectivity index is 3.36. The highest BCUT2D eigenvalue weighted by molar-refractivity contribution is 5.76. The number of rotatable bonds is 52. The summed E-state index contributed by atoms with van der Waals surface area (Å²) >= 11 is 0. The summed E-state index contributed by atoms with van der Waals surface area (Å²) in [5.41, 5.74) is 0. The highest BCUT2D eigenvalue weighted by atomic mass is 16.3. The number of nitrogens with one attached hydrogen (secondary N) is 1. The molecule has 0 aliphatic carbocycles. The number of amides is 1. The number of aliphatic hydroxyl groups excluding tert-OH is 2. The Morgan fingerprint density at radius 2 is 0.542 bits per heavy atom. The molecule has 1 amide bonds. The van der Waals surface area contributed by atoms with Crippen molar-refractivity contribution in [3.05, 3.63) is 0 Å². The molecule has 0 aromatic heterocycles. The Labute approximate surface area is 372 Å². The maximum atomic E-state index is 12.5. The van der Waals surface area contributed by atoms with Crippen LogP contribution in [0.1, 0.15) is 328 Å². The first kappa shape index (κ1) is 58.4. The molecule has 0 saturated heterocycles. The molecule has 59 heavy (non-hydrogen) atoms. The van der Waals surface area contributed by atoms with E-state index in [1.807, 2.05) is 0 Å². The van der Waals surface area contributed by atoms with Crippen LogP contribution in [0.5, 0.6) is 0 Å². The van der Waals surface area contributed by atoms with Gasteiger partial charge >= 0.3 is 0 Å². The third-order valence-electron chi connectivity index (χ3n) is 13.4. The average molecular weight is 834 g/mol. The quantitative estimate of drug-likeness (QED) is 0.0535. The first-order chi connectivity index (χ1) is 29.2. The molecule has 3 N–H and O–H groups in total. The van der Waals surface area contributed by atoms with Gasteiger partial charge in [0.2, 0.25) is 5.91 Å². The minimum absolute atomic E-state index is 0.0230. The van der Waals surface area contributed by atoms with Crippen molar-refractivity contribution in [2.24, 2.45) is 0 Å². The molecule has 0 bridgehead atoms. The van der Waals surface area contributed by atoms with Crippen LogP contribution in [0.15, 0.2) is 0 Å². The van der Waals surface area contributed by atoms with Gasteiger partial charge in [-0.25, -0.2) is 0 Å². The molecule has 0 aliphatic heterocycles. The fourth-order valence-electron chi connectivity index (χ4n) is 9.13. The first-order valence-electron chi connectivity index (χ1n) is 27.7. The van der Waals surface area contributed by atoms with Gasteiger partial charge in [0.15, 0.2) is 0 Å². The molecule has 0 aromatic rings. The smallest absolute Gasteiger partial charge is 0.220 e. The number of aliphatic hydroxyl groups is 2. The van der Waals surface area contributed by atoms with Crippen LogP contribution in [0.25, 0.3) is 0 Å². The Morgan fingerprint density at radius 1 is 0.339 bits per heavy atom. The average Bonchev–Trinajstić information content (AvgIpc) is 3.24. The molecule has 2 atom stereocenters. The molecular weight excluding hydrogens is 723 g/mol. The highest BCUT2D eigenvalue weighted by Gasteiger charge is 2.20. The van der Waals surface area contributed by atoms with Gasteiger partial charge in [-0.3, -0.25) is 4.79 Å². The first-order valence-corrected chi connectivity index (χ1v) is 27.7. The van der Waals surface area contributed by atoms with E-state index in [2.05, 4.69) is 19.2 Å². The van der Waals surface area contributed by atoms with Gasteiger partial charge in [-0.2, -0.15) is 0 Å². The second-order valence-electron chi connectivity index (χ2n) is 19.4. The predicted octanol–water partition coefficient (Wildman–Crippen LogP) is 18.0. The van der Waals surface area contributed by atoms with E-state index >= 15 is 0 Å². The van der Waals surface area contributed by atoms with Crippen molar-refractivity contribution in [3.8, 4) is 0 Å². The van der Waals surface area contributed by atoms with Gasteiger partial charge in [0.25, 0.3) is 0 Å². The molecule has 0 aliphatic rings. The summed E-state index contributed by atoms with van der Waals surface area (Å²) in [5.74, 6) is -0.0230. The summed E-state index contributed by atoms with van der Waals surface area (Å²) in [4.78, 5) is 12.5. The maximum absolute atomic E-state index is 12.5. The molecule has 2 unspecified atom stereocenters. The standard InChI is InChI=1S/C55H111NO3/c1-3-5-7-9-11-13-15-17-19-20-21-22-23-24-25-26-27-28-29-30-31-32-33-34-35-37-39-41-43-45-47-49-51-55(59)56-53(52-57)54(58)50-48-46-44-42-40-38-36-18-16-14-12-10-8-6-4-2/h53-54,57-58H,3-52H2,1-2H3,(H,56,59). The fraction of sp³-hybridized carbons (Fsp3) is 0.982. The lowest BCUT2D eigenvalue weighted by Crippen LogP contribution is -2.45. The lowest BCUT2D eigenvalue weighted by Gasteiger charge is -2.22. The van der Waals surface area contributed by atoms with E-state index in [9.17, 15) is 15.0 Å². The third kappa shape index (κ3) is 48.3. The SMILES string of the molecule is CCCCCCCCCCCCCCCCCCCCCCCCCCCCCCCCCCC(=O)NC(CO)C(O)CCCCCCCCCCCCCCCCC. The number of carbonyl (C=O) groups excluding carboxylic acids is 1. The van der Waals surface area contributed by atoms with Crippen LogP contribution in [0, 0.1) is 0 Å². The van der Waals surface area contributed by atoms with Gasteiger partial charge < -0.3 is 15.5 Å². The van der Waals surface area contributed by atoms with Gasteiger partial charge in [0.05, 0.1) is 18.8 Å². The lowest BCUT2D eigenvalue weighted by atomic mass is 10.0. The molecule has 0 fully saturated rings. The minimum atomic E-state index is -0.654. The van der Waals surface area contributed by atoms with E-state index in [1.165, 1.54) is 276 Å². The molecule has 0 aromatic carbocycles. The summed E-state index contributed by atoms with van der Waals surface area (Å²) in [6, 6.07) is -0.530. The number of unbranched alkanes of at least 4 members (excludes halogenated alkanes) is 45. The topological polar surface area (TPSA) is 69.6 Å². The van der Waals surface area contributed by atoms with Gasteiger partial charge in [0.1, 0.15) is 0 Å². The summed E-state index contributed by atoms with van der Waals surface area (Å²) in [5, 5.41) is 23.3. The van der Waals surface area contributed by atoms with Crippen LogP contribution in [0.4, 0.5) is 0 Å². The number of hydrogen-bond acceptors (Lipinski definition) is 3. The van der Waals surface area contributed by atoms with E-state index in [0.717, 1.165) is 25.7 Å². The Kier molecular flexibility index (Phi) is 51.2. The molecule has 4 heteroatoms. The van der Waals surface area contributed by atoms with Gasteiger partial charge in [-0.15, -0.1) is 0 Å². The van der Waals surface area contributed by atoms with Crippen LogP contribution >= 0.6 is 0 Å². The van der Waals surface area contributed by atoms with Crippen molar-refractivity contribution >= 4 is 5.91 Å². The summed E-state index contributed by atoms with van der Waals surface area (Å²) in [6.07, 6.45) is 65.3. The van der Waals surface area contributed by atoms with Crippen LogP contribution < -0.4 is 5.32 Å². The van der Waals surface area contributed by atoms with Crippen molar-refractivity contribution in [2.45, 2.75) is 341 Å². The molecular formula is C55H111NO3. The fourth-order valence-corrected chi connectivity index (χ4v) is 9.13. The van der Waals surface area contributed by atoms with Crippen LogP contribution in [0.3, 0.4) is 0 Å². The van der Waals surface area contributed by atoms with Crippen LogP contribution in [-0.2, 0) is 4.79 Å². The van der Waals surface area contributed by atoms with E-state index in [1.54, 1.807) is 0 Å². The highest BCUT2D eigenvalue weighted by Crippen LogP contribution is 2.18. The van der Waals surface area contributed by atoms with Gasteiger partial charge in [-0.05, 0) is 12.8 Å². The molecule has 0 rings (SSSR count). The molecule has 354 valence electrons. The zero-order chi connectivity index (χ0) is 42.8. The van der Waals surface area contributed by atoms with Crippen molar-refractivity contribution in [1.82, 2.24) is 5.32 Å². The van der Waals surface area contributed by atoms with E-state index in [-0.39, 0.29) is 12.5 Å². The molecule has 4 nitrogen and oxygen atoms in total. The molecule has 0 saturated carbocycles.